The van der Waals surface area contributed by atoms with Gasteiger partial charge >= 0.3 is 0 Å². The van der Waals surface area contributed by atoms with Gasteiger partial charge in [0.1, 0.15) is 0 Å². The molecule has 0 aliphatic heterocycles. The number of aldehydes is 1. The molecule has 0 bridgehead atoms. The number of carbonyl (C=O) groups excluding carboxylic acids is 2. The molecular formula is C12H13NO2. The van der Waals surface area contributed by atoms with Crippen molar-refractivity contribution in [2.45, 2.75) is 0 Å². The van der Waals surface area contributed by atoms with Gasteiger partial charge in [-0.1, -0.05) is 18.2 Å². The van der Waals surface area contributed by atoms with Crippen LogP contribution < -0.4 is 4.90 Å². The molecular weight excluding hydrogens is 190 g/mol. The SMILES string of the molecule is CN(C)c1ccc(/C=C\C(=O)C=O)cc1. The lowest BCUT2D eigenvalue weighted by molar-refractivity contribution is -0.126. The van der Waals surface area contributed by atoms with Crippen LogP contribution in [-0.4, -0.2) is 26.2 Å². The second-order valence-electron chi connectivity index (χ2n) is 3.34. The Bertz CT molecular complexity index is 377. The highest BCUT2D eigenvalue weighted by Crippen LogP contribution is 2.12. The second-order valence-corrected chi connectivity index (χ2v) is 3.34. The molecule has 78 valence electrons. The van der Waals surface area contributed by atoms with Gasteiger partial charge in [-0.15, -0.1) is 0 Å². The van der Waals surface area contributed by atoms with Gasteiger partial charge in [-0.25, -0.2) is 0 Å². The Hall–Kier alpha value is -1.90. The zero-order valence-corrected chi connectivity index (χ0v) is 8.81. The molecule has 3 nitrogen and oxygen atoms in total. The molecule has 0 fully saturated rings. The highest BCUT2D eigenvalue weighted by molar-refractivity contribution is 6.31. The van der Waals surface area contributed by atoms with E-state index in [0.717, 1.165) is 11.3 Å². The summed E-state index contributed by atoms with van der Waals surface area (Å²) in [6.07, 6.45) is 3.18. The van der Waals surface area contributed by atoms with E-state index in [2.05, 4.69) is 0 Å². The fourth-order valence-electron chi connectivity index (χ4n) is 1.10. The summed E-state index contributed by atoms with van der Waals surface area (Å²) in [5.74, 6) is -0.522. The highest BCUT2D eigenvalue weighted by Gasteiger charge is 1.94. The van der Waals surface area contributed by atoms with Gasteiger partial charge in [-0.3, -0.25) is 9.59 Å². The molecule has 0 saturated heterocycles. The van der Waals surface area contributed by atoms with Gasteiger partial charge in [0.2, 0.25) is 5.78 Å². The van der Waals surface area contributed by atoms with E-state index in [9.17, 15) is 9.59 Å². The summed E-state index contributed by atoms with van der Waals surface area (Å²) in [6, 6.07) is 7.68. The molecule has 0 spiro atoms. The molecule has 0 aliphatic rings. The van der Waals surface area contributed by atoms with E-state index in [-0.39, 0.29) is 0 Å². The van der Waals surface area contributed by atoms with Crippen molar-refractivity contribution in [1.29, 1.82) is 0 Å². The quantitative estimate of drug-likeness (QED) is 0.423. The fraction of sp³-hybridized carbons (Fsp3) is 0.167. The fourth-order valence-corrected chi connectivity index (χ4v) is 1.10. The molecule has 15 heavy (non-hydrogen) atoms. The number of hydrogen-bond acceptors (Lipinski definition) is 3. The van der Waals surface area contributed by atoms with Gasteiger partial charge in [-0.05, 0) is 23.8 Å². The molecule has 0 atom stereocenters. The van der Waals surface area contributed by atoms with Crippen molar-refractivity contribution in [2.75, 3.05) is 19.0 Å². The minimum atomic E-state index is -0.522. The molecule has 0 aliphatic carbocycles. The molecule has 1 aromatic rings. The predicted molar refractivity (Wildman–Crippen MR) is 60.9 cm³/mol. The van der Waals surface area contributed by atoms with Crippen molar-refractivity contribution >= 4 is 23.8 Å². The molecule has 0 radical (unpaired) electrons. The summed E-state index contributed by atoms with van der Waals surface area (Å²) < 4.78 is 0. The van der Waals surface area contributed by atoms with Crippen LogP contribution in [0, 0.1) is 0 Å². The lowest BCUT2D eigenvalue weighted by atomic mass is 10.2. The highest BCUT2D eigenvalue weighted by atomic mass is 16.2. The van der Waals surface area contributed by atoms with E-state index in [4.69, 9.17) is 0 Å². The van der Waals surface area contributed by atoms with Gasteiger partial charge in [-0.2, -0.15) is 0 Å². The number of nitrogens with zero attached hydrogens (tertiary/aromatic N) is 1. The van der Waals surface area contributed by atoms with Gasteiger partial charge in [0, 0.05) is 19.8 Å². The number of carbonyl (C=O) groups is 2. The average Bonchev–Trinajstić information content (AvgIpc) is 2.26. The maximum absolute atomic E-state index is 10.7. The minimum absolute atomic E-state index is 0.296. The van der Waals surface area contributed by atoms with Gasteiger partial charge in [0.05, 0.1) is 0 Å². The number of anilines is 1. The summed E-state index contributed by atoms with van der Waals surface area (Å²) in [5, 5.41) is 0. The van der Waals surface area contributed by atoms with Crippen LogP contribution in [0.3, 0.4) is 0 Å². The number of ketones is 1. The van der Waals surface area contributed by atoms with Crippen LogP contribution in [0.2, 0.25) is 0 Å². The van der Waals surface area contributed by atoms with Crippen LogP contribution >= 0.6 is 0 Å². The molecule has 1 aromatic carbocycles. The molecule has 3 heteroatoms. The normalized spacial score (nSPS) is 10.3. The molecule has 0 heterocycles. The Morgan fingerprint density at radius 3 is 2.27 bits per heavy atom. The van der Waals surface area contributed by atoms with Gasteiger partial charge in [0.25, 0.3) is 0 Å². The van der Waals surface area contributed by atoms with E-state index >= 15 is 0 Å². The monoisotopic (exact) mass is 203 g/mol. The van der Waals surface area contributed by atoms with Crippen molar-refractivity contribution in [3.63, 3.8) is 0 Å². The molecule has 0 aromatic heterocycles. The first-order valence-electron chi connectivity index (χ1n) is 4.58. The number of hydrogen-bond donors (Lipinski definition) is 0. The van der Waals surface area contributed by atoms with Crippen molar-refractivity contribution in [2.24, 2.45) is 0 Å². The van der Waals surface area contributed by atoms with Crippen molar-refractivity contribution in [3.05, 3.63) is 35.9 Å². The van der Waals surface area contributed by atoms with Crippen LogP contribution in [0.4, 0.5) is 5.69 Å². The Kier molecular flexibility index (Phi) is 3.80. The third kappa shape index (κ3) is 3.38. The maximum atomic E-state index is 10.7. The Balaban J connectivity index is 2.76. The summed E-state index contributed by atoms with van der Waals surface area (Å²) in [5.41, 5.74) is 1.99. The van der Waals surface area contributed by atoms with E-state index in [1.54, 1.807) is 6.08 Å². The first-order valence-corrected chi connectivity index (χ1v) is 4.58. The van der Waals surface area contributed by atoms with Gasteiger partial charge < -0.3 is 4.90 Å². The third-order valence-corrected chi connectivity index (χ3v) is 1.97. The van der Waals surface area contributed by atoms with Crippen LogP contribution in [0.5, 0.6) is 0 Å². The summed E-state index contributed by atoms with van der Waals surface area (Å²) in [4.78, 5) is 22.7. The van der Waals surface area contributed by atoms with Crippen LogP contribution in [0.25, 0.3) is 6.08 Å². The number of benzene rings is 1. The van der Waals surface area contributed by atoms with Crippen molar-refractivity contribution in [3.8, 4) is 0 Å². The summed E-state index contributed by atoms with van der Waals surface area (Å²) >= 11 is 0. The Morgan fingerprint density at radius 1 is 1.20 bits per heavy atom. The molecule has 0 amide bonds. The predicted octanol–water partition coefficient (Wildman–Crippen LogP) is 1.53. The zero-order chi connectivity index (χ0) is 11.3. The number of rotatable bonds is 4. The lowest BCUT2D eigenvalue weighted by Gasteiger charge is -2.11. The van der Waals surface area contributed by atoms with Crippen molar-refractivity contribution < 1.29 is 9.59 Å². The van der Waals surface area contributed by atoms with E-state index in [1.807, 2.05) is 43.3 Å². The van der Waals surface area contributed by atoms with Crippen LogP contribution in [-0.2, 0) is 9.59 Å². The standard InChI is InChI=1S/C12H13NO2/c1-13(2)11-6-3-10(4-7-11)5-8-12(15)9-14/h3-9H,1-2H3/b8-5-. The molecule has 0 N–H and O–H groups in total. The first-order chi connectivity index (χ1) is 7.13. The Morgan fingerprint density at radius 2 is 1.80 bits per heavy atom. The number of allylic oxidation sites excluding steroid dienone is 1. The van der Waals surface area contributed by atoms with E-state index < -0.39 is 5.78 Å². The maximum Gasteiger partial charge on any atom is 0.218 e. The molecule has 0 saturated carbocycles. The minimum Gasteiger partial charge on any atom is -0.378 e. The van der Waals surface area contributed by atoms with Crippen LogP contribution in [0.1, 0.15) is 5.56 Å². The van der Waals surface area contributed by atoms with Gasteiger partial charge in [0.15, 0.2) is 6.29 Å². The van der Waals surface area contributed by atoms with E-state index in [1.165, 1.54) is 6.08 Å². The summed E-state index contributed by atoms with van der Waals surface area (Å²) in [7, 11) is 3.92. The average molecular weight is 203 g/mol. The topological polar surface area (TPSA) is 37.4 Å². The summed E-state index contributed by atoms with van der Waals surface area (Å²) in [6.45, 7) is 0. The molecule has 0 unspecified atom stereocenters. The zero-order valence-electron chi connectivity index (χ0n) is 8.81. The molecule has 1 rings (SSSR count). The smallest absolute Gasteiger partial charge is 0.218 e. The Labute approximate surface area is 89.0 Å². The largest absolute Gasteiger partial charge is 0.378 e. The first kappa shape index (κ1) is 11.2. The van der Waals surface area contributed by atoms with E-state index in [0.29, 0.717) is 6.29 Å². The third-order valence-electron chi connectivity index (χ3n) is 1.97. The second kappa shape index (κ2) is 5.10. The van der Waals surface area contributed by atoms with Crippen LogP contribution in [0.15, 0.2) is 30.3 Å². The lowest BCUT2D eigenvalue weighted by Crippen LogP contribution is -2.07. The van der Waals surface area contributed by atoms with Crippen molar-refractivity contribution in [1.82, 2.24) is 0 Å².